The molecule has 0 N–H and O–H groups in total. The number of aryl methyl sites for hydroxylation is 1. The van der Waals surface area contributed by atoms with Gasteiger partial charge in [-0.2, -0.15) is 0 Å². The van der Waals surface area contributed by atoms with E-state index in [-0.39, 0.29) is 24.5 Å². The zero-order valence-electron chi connectivity index (χ0n) is 19.6. The minimum Gasteiger partial charge on any atom is -0.376 e. The first kappa shape index (κ1) is 23.2. The van der Waals surface area contributed by atoms with Gasteiger partial charge >= 0.3 is 0 Å². The molecule has 1 atom stereocenters. The van der Waals surface area contributed by atoms with Crippen LogP contribution in [0, 0.1) is 12.8 Å². The molecular formula is C26H39N3O3. The summed E-state index contributed by atoms with van der Waals surface area (Å²) in [5.41, 5.74) is 2.77. The van der Waals surface area contributed by atoms with Gasteiger partial charge in [0.2, 0.25) is 11.8 Å². The average molecular weight is 442 g/mol. The Labute approximate surface area is 192 Å². The number of amides is 2. The highest BCUT2D eigenvalue weighted by Crippen LogP contribution is 2.23. The van der Waals surface area contributed by atoms with Crippen molar-refractivity contribution in [1.29, 1.82) is 0 Å². The largest absolute Gasteiger partial charge is 0.376 e. The smallest absolute Gasteiger partial charge is 0.242 e. The number of piperidine rings is 2. The molecule has 3 fully saturated rings. The molecule has 1 unspecified atom stereocenters. The minimum absolute atomic E-state index is 0.0955. The molecule has 4 rings (SSSR count). The van der Waals surface area contributed by atoms with Crippen molar-refractivity contribution >= 4 is 11.8 Å². The second-order valence-corrected chi connectivity index (χ2v) is 9.85. The van der Waals surface area contributed by atoms with Gasteiger partial charge in [0.05, 0.1) is 12.6 Å². The molecule has 2 amide bonds. The first-order valence-electron chi connectivity index (χ1n) is 12.5. The molecule has 176 valence electrons. The predicted octanol–water partition coefficient (Wildman–Crippen LogP) is 3.23. The van der Waals surface area contributed by atoms with E-state index in [1.807, 2.05) is 4.90 Å². The maximum absolute atomic E-state index is 13.2. The number of ether oxygens (including phenoxy) is 1. The van der Waals surface area contributed by atoms with Gasteiger partial charge in [-0.05, 0) is 75.6 Å². The van der Waals surface area contributed by atoms with E-state index < -0.39 is 0 Å². The second-order valence-electron chi connectivity index (χ2n) is 9.85. The number of carbonyl (C=O) groups excluding carboxylic acids is 2. The van der Waals surface area contributed by atoms with E-state index >= 15 is 0 Å². The number of rotatable bonds is 8. The third kappa shape index (κ3) is 6.32. The highest BCUT2D eigenvalue weighted by Gasteiger charge is 2.29. The van der Waals surface area contributed by atoms with Crippen LogP contribution >= 0.6 is 0 Å². The van der Waals surface area contributed by atoms with Crippen LogP contribution in [0.25, 0.3) is 0 Å². The normalized spacial score (nSPS) is 23.0. The lowest BCUT2D eigenvalue weighted by Gasteiger charge is -2.36. The second kappa shape index (κ2) is 11.3. The van der Waals surface area contributed by atoms with Crippen LogP contribution in [-0.4, -0.2) is 78.5 Å². The molecule has 0 aromatic heterocycles. The molecule has 0 aliphatic carbocycles. The quantitative estimate of drug-likeness (QED) is 0.622. The molecule has 0 saturated carbocycles. The van der Waals surface area contributed by atoms with Crippen molar-refractivity contribution in [1.82, 2.24) is 14.7 Å². The van der Waals surface area contributed by atoms with Gasteiger partial charge in [-0.15, -0.1) is 0 Å². The Morgan fingerprint density at radius 2 is 1.88 bits per heavy atom. The number of nitrogens with zero attached hydrogens (tertiary/aromatic N) is 3. The molecule has 0 spiro atoms. The third-order valence-electron chi connectivity index (χ3n) is 7.39. The van der Waals surface area contributed by atoms with Crippen LogP contribution in [0.15, 0.2) is 24.3 Å². The first-order valence-corrected chi connectivity index (χ1v) is 12.5. The van der Waals surface area contributed by atoms with E-state index in [0.717, 1.165) is 77.9 Å². The van der Waals surface area contributed by atoms with E-state index in [0.29, 0.717) is 18.9 Å². The number of hydrogen-bond acceptors (Lipinski definition) is 4. The van der Waals surface area contributed by atoms with Crippen LogP contribution in [0.3, 0.4) is 0 Å². The number of likely N-dealkylation sites (tertiary alicyclic amines) is 2. The fraction of sp³-hybridized carbons (Fsp3) is 0.692. The monoisotopic (exact) mass is 441 g/mol. The van der Waals surface area contributed by atoms with Gasteiger partial charge in [-0.25, -0.2) is 0 Å². The molecule has 32 heavy (non-hydrogen) atoms. The maximum Gasteiger partial charge on any atom is 0.242 e. The van der Waals surface area contributed by atoms with E-state index in [2.05, 4.69) is 36.1 Å². The lowest BCUT2D eigenvalue weighted by molar-refractivity contribution is -0.143. The summed E-state index contributed by atoms with van der Waals surface area (Å²) in [6.07, 6.45) is 7.02. The standard InChI is InChI=1S/C26H39N3O3/c1-21-7-2-3-8-23(21)18-27-14-11-22(12-15-27)17-29(19-24-9-6-16-32-24)26(31)20-28-13-5-4-10-25(28)30/h2-3,7-8,22,24H,4-6,9-20H2,1H3. The van der Waals surface area contributed by atoms with E-state index in [1.54, 1.807) is 4.90 Å². The highest BCUT2D eigenvalue weighted by atomic mass is 16.5. The molecule has 3 aliphatic heterocycles. The van der Waals surface area contributed by atoms with Gasteiger partial charge in [-0.1, -0.05) is 24.3 Å². The van der Waals surface area contributed by atoms with Crippen LogP contribution in [0.2, 0.25) is 0 Å². The number of hydrogen-bond donors (Lipinski definition) is 0. The summed E-state index contributed by atoms with van der Waals surface area (Å²) in [5.74, 6) is 0.745. The van der Waals surface area contributed by atoms with Crippen molar-refractivity contribution in [2.75, 3.05) is 45.9 Å². The van der Waals surface area contributed by atoms with Gasteiger partial charge < -0.3 is 14.5 Å². The summed E-state index contributed by atoms with van der Waals surface area (Å²) in [6, 6.07) is 8.63. The van der Waals surface area contributed by atoms with Crippen LogP contribution < -0.4 is 0 Å². The molecule has 1 aromatic rings. The Kier molecular flexibility index (Phi) is 8.20. The molecule has 3 aliphatic rings. The van der Waals surface area contributed by atoms with Crippen molar-refractivity contribution in [2.45, 2.75) is 64.5 Å². The SMILES string of the molecule is Cc1ccccc1CN1CCC(CN(CC2CCCO2)C(=O)CN2CCCCC2=O)CC1. The summed E-state index contributed by atoms with van der Waals surface area (Å²) in [5, 5.41) is 0. The lowest BCUT2D eigenvalue weighted by atomic mass is 9.95. The molecular weight excluding hydrogens is 402 g/mol. The number of benzene rings is 1. The van der Waals surface area contributed by atoms with Gasteiger partial charge in [-0.3, -0.25) is 14.5 Å². The fourth-order valence-corrected chi connectivity index (χ4v) is 5.27. The first-order chi connectivity index (χ1) is 15.6. The zero-order chi connectivity index (χ0) is 22.3. The molecule has 3 saturated heterocycles. The van der Waals surface area contributed by atoms with Crippen molar-refractivity contribution < 1.29 is 14.3 Å². The summed E-state index contributed by atoms with van der Waals surface area (Å²) >= 11 is 0. The Morgan fingerprint density at radius 3 is 2.59 bits per heavy atom. The van der Waals surface area contributed by atoms with Crippen molar-refractivity contribution in [3.05, 3.63) is 35.4 Å². The van der Waals surface area contributed by atoms with Crippen LogP contribution in [0.5, 0.6) is 0 Å². The van der Waals surface area contributed by atoms with Crippen molar-refractivity contribution in [2.24, 2.45) is 5.92 Å². The van der Waals surface area contributed by atoms with Crippen molar-refractivity contribution in [3.8, 4) is 0 Å². The fourth-order valence-electron chi connectivity index (χ4n) is 5.27. The zero-order valence-corrected chi connectivity index (χ0v) is 19.6. The average Bonchev–Trinajstić information content (AvgIpc) is 3.31. The van der Waals surface area contributed by atoms with E-state index in [9.17, 15) is 9.59 Å². The summed E-state index contributed by atoms with van der Waals surface area (Å²) < 4.78 is 5.85. The van der Waals surface area contributed by atoms with E-state index in [4.69, 9.17) is 4.74 Å². The molecule has 3 heterocycles. The molecule has 6 heteroatoms. The molecule has 1 aromatic carbocycles. The minimum atomic E-state index is 0.0955. The summed E-state index contributed by atoms with van der Waals surface area (Å²) in [7, 11) is 0. The number of carbonyl (C=O) groups is 2. The maximum atomic E-state index is 13.2. The Bertz CT molecular complexity index is 769. The van der Waals surface area contributed by atoms with Crippen LogP contribution in [-0.2, 0) is 20.9 Å². The molecule has 6 nitrogen and oxygen atoms in total. The molecule has 0 radical (unpaired) electrons. The molecule has 0 bridgehead atoms. The van der Waals surface area contributed by atoms with Gasteiger partial charge in [0.15, 0.2) is 0 Å². The predicted molar refractivity (Wildman–Crippen MR) is 125 cm³/mol. The third-order valence-corrected chi connectivity index (χ3v) is 7.39. The van der Waals surface area contributed by atoms with E-state index in [1.165, 1.54) is 11.1 Å². The van der Waals surface area contributed by atoms with Crippen molar-refractivity contribution in [3.63, 3.8) is 0 Å². The Balaban J connectivity index is 1.31. The summed E-state index contributed by atoms with van der Waals surface area (Å²) in [4.78, 5) is 31.8. The van der Waals surface area contributed by atoms with Crippen LogP contribution in [0.4, 0.5) is 0 Å². The highest BCUT2D eigenvalue weighted by molar-refractivity contribution is 5.85. The van der Waals surface area contributed by atoms with Gasteiger partial charge in [0.1, 0.15) is 0 Å². The Hall–Kier alpha value is -1.92. The topological polar surface area (TPSA) is 53.1 Å². The van der Waals surface area contributed by atoms with Gasteiger partial charge in [0.25, 0.3) is 0 Å². The lowest BCUT2D eigenvalue weighted by Crippen LogP contribution is -2.49. The van der Waals surface area contributed by atoms with Gasteiger partial charge in [0, 0.05) is 39.2 Å². The van der Waals surface area contributed by atoms with Crippen LogP contribution in [0.1, 0.15) is 56.1 Å². The summed E-state index contributed by atoms with van der Waals surface area (Å²) in [6.45, 7) is 8.56. The Morgan fingerprint density at radius 1 is 1.06 bits per heavy atom.